The number of benzene rings is 1. The zero-order valence-corrected chi connectivity index (χ0v) is 14.6. The van der Waals surface area contributed by atoms with Crippen molar-refractivity contribution in [3.63, 3.8) is 0 Å². The third-order valence-electron chi connectivity index (χ3n) is 4.06. The van der Waals surface area contributed by atoms with Gasteiger partial charge in [0.2, 0.25) is 5.16 Å². The van der Waals surface area contributed by atoms with E-state index in [4.69, 9.17) is 16.3 Å². The van der Waals surface area contributed by atoms with Crippen LogP contribution < -0.4 is 0 Å². The first-order valence-corrected chi connectivity index (χ1v) is 9.14. The van der Waals surface area contributed by atoms with Crippen molar-refractivity contribution in [2.24, 2.45) is 4.99 Å². The van der Waals surface area contributed by atoms with Crippen molar-refractivity contribution in [1.82, 2.24) is 4.90 Å². The largest absolute Gasteiger partial charge is 0.381 e. The first-order chi connectivity index (χ1) is 11.6. The van der Waals surface area contributed by atoms with Crippen LogP contribution in [0.2, 0.25) is 0 Å². The summed E-state index contributed by atoms with van der Waals surface area (Å²) in [5, 5.41) is 12.0. The predicted octanol–water partition coefficient (Wildman–Crippen LogP) is 3.46. The van der Waals surface area contributed by atoms with Crippen molar-refractivity contribution in [1.29, 1.82) is 0 Å². The van der Waals surface area contributed by atoms with Crippen LogP contribution in [-0.2, 0) is 10.5 Å². The number of thioether (sulfide) groups is 1. The highest BCUT2D eigenvalue weighted by molar-refractivity contribution is 8.13. The minimum Gasteiger partial charge on any atom is -0.381 e. The van der Waals surface area contributed by atoms with Gasteiger partial charge in [0, 0.05) is 25.0 Å². The van der Waals surface area contributed by atoms with Crippen molar-refractivity contribution < 1.29 is 9.66 Å². The summed E-state index contributed by atoms with van der Waals surface area (Å²) in [4.78, 5) is 17.1. The lowest BCUT2D eigenvalue weighted by molar-refractivity contribution is -0.428. The van der Waals surface area contributed by atoms with Crippen LogP contribution in [0.15, 0.2) is 46.2 Å². The van der Waals surface area contributed by atoms with Crippen LogP contribution >= 0.6 is 23.4 Å². The Morgan fingerprint density at radius 1 is 1.33 bits per heavy atom. The molecule has 0 saturated carbocycles. The molecule has 0 radical (unpaired) electrons. The Kier molecular flexibility index (Phi) is 5.76. The number of hydrogen-bond donors (Lipinski definition) is 0. The van der Waals surface area contributed by atoms with Gasteiger partial charge in [0.1, 0.15) is 6.54 Å². The minimum absolute atomic E-state index is 0.0149. The van der Waals surface area contributed by atoms with E-state index >= 15 is 0 Å². The van der Waals surface area contributed by atoms with Gasteiger partial charge in [-0.15, -0.1) is 0 Å². The van der Waals surface area contributed by atoms with Gasteiger partial charge in [-0.25, -0.2) is 4.99 Å². The molecule has 0 aromatic heterocycles. The highest BCUT2D eigenvalue weighted by atomic mass is 35.5. The molecule has 2 aliphatic rings. The first kappa shape index (κ1) is 17.3. The van der Waals surface area contributed by atoms with Gasteiger partial charge in [-0.2, -0.15) is 0 Å². The molecule has 0 N–H and O–H groups in total. The predicted molar refractivity (Wildman–Crippen MR) is 95.6 cm³/mol. The highest BCUT2D eigenvalue weighted by Crippen LogP contribution is 2.30. The van der Waals surface area contributed by atoms with Gasteiger partial charge in [-0.1, -0.05) is 53.7 Å². The monoisotopic (exact) mass is 367 g/mol. The molecule has 0 atom stereocenters. The Morgan fingerprint density at radius 2 is 2.04 bits per heavy atom. The Bertz CT molecular complexity index is 660. The summed E-state index contributed by atoms with van der Waals surface area (Å²) in [6, 6.07) is 10.3. The first-order valence-electron chi connectivity index (χ1n) is 7.78. The molecule has 1 fully saturated rings. The van der Waals surface area contributed by atoms with Gasteiger partial charge in [0.15, 0.2) is 5.17 Å². The van der Waals surface area contributed by atoms with E-state index in [-0.39, 0.29) is 23.4 Å². The van der Waals surface area contributed by atoms with Crippen molar-refractivity contribution >= 4 is 28.5 Å². The third kappa shape index (κ3) is 4.09. The fraction of sp³-hybridized carbons (Fsp3) is 0.438. The quantitative estimate of drug-likeness (QED) is 0.463. The van der Waals surface area contributed by atoms with Crippen LogP contribution in [0.3, 0.4) is 0 Å². The summed E-state index contributed by atoms with van der Waals surface area (Å²) in [6.07, 6.45) is 1.68. The van der Waals surface area contributed by atoms with Gasteiger partial charge in [0.25, 0.3) is 0 Å². The van der Waals surface area contributed by atoms with E-state index in [1.54, 1.807) is 11.8 Å². The number of amidine groups is 1. The zero-order valence-electron chi connectivity index (χ0n) is 13.1. The molecule has 0 bridgehead atoms. The van der Waals surface area contributed by atoms with E-state index in [1.807, 2.05) is 23.1 Å². The summed E-state index contributed by atoms with van der Waals surface area (Å²) >= 11 is 7.61. The maximum atomic E-state index is 11.2. The van der Waals surface area contributed by atoms with Crippen LogP contribution in [-0.4, -0.2) is 40.8 Å². The maximum Gasteiger partial charge on any atom is 0.302 e. The molecule has 1 aromatic carbocycles. The molecule has 0 unspecified atom stereocenters. The molecular formula is C16H18ClN3O3S. The van der Waals surface area contributed by atoms with E-state index < -0.39 is 4.92 Å². The minimum atomic E-state index is -0.434. The Labute approximate surface area is 149 Å². The maximum absolute atomic E-state index is 11.2. The van der Waals surface area contributed by atoms with Gasteiger partial charge in [-0.3, -0.25) is 10.1 Å². The number of halogens is 1. The molecule has 0 amide bonds. The molecule has 0 aliphatic carbocycles. The van der Waals surface area contributed by atoms with Crippen LogP contribution in [0, 0.1) is 10.1 Å². The lowest BCUT2D eigenvalue weighted by Crippen LogP contribution is -2.45. The molecule has 1 saturated heterocycles. The molecule has 0 spiro atoms. The zero-order chi connectivity index (χ0) is 16.9. The van der Waals surface area contributed by atoms with Gasteiger partial charge < -0.3 is 9.64 Å². The number of ether oxygens (including phenoxy) is 1. The Morgan fingerprint density at radius 3 is 2.71 bits per heavy atom. The molecule has 2 heterocycles. The average Bonchev–Trinajstić information content (AvgIpc) is 2.61. The van der Waals surface area contributed by atoms with E-state index in [0.717, 1.165) is 23.8 Å². The van der Waals surface area contributed by atoms with E-state index in [1.165, 1.54) is 5.56 Å². The summed E-state index contributed by atoms with van der Waals surface area (Å²) in [5.74, 6) is 0.747. The molecule has 2 aliphatic heterocycles. The molecule has 8 heteroatoms. The molecule has 3 rings (SSSR count). The smallest absolute Gasteiger partial charge is 0.302 e. The topological polar surface area (TPSA) is 68.0 Å². The molecule has 128 valence electrons. The summed E-state index contributed by atoms with van der Waals surface area (Å²) in [5.41, 5.74) is 1.14. The van der Waals surface area contributed by atoms with Crippen molar-refractivity contribution in [2.45, 2.75) is 24.6 Å². The third-order valence-corrected chi connectivity index (χ3v) is 5.42. The lowest BCUT2D eigenvalue weighted by atomic mass is 10.1. The van der Waals surface area contributed by atoms with E-state index in [2.05, 4.69) is 17.1 Å². The van der Waals surface area contributed by atoms with Crippen LogP contribution in [0.5, 0.6) is 0 Å². The van der Waals surface area contributed by atoms with Gasteiger partial charge in [-0.05, 0) is 18.4 Å². The molecule has 24 heavy (non-hydrogen) atoms. The average molecular weight is 368 g/mol. The van der Waals surface area contributed by atoms with Gasteiger partial charge in [0.05, 0.1) is 4.92 Å². The fourth-order valence-corrected chi connectivity index (χ4v) is 4.04. The number of aliphatic imine (C=N–C) groups is 1. The summed E-state index contributed by atoms with van der Waals surface area (Å²) in [6.45, 7) is 1.53. The molecular weight excluding hydrogens is 350 g/mol. The van der Waals surface area contributed by atoms with Gasteiger partial charge >= 0.3 is 5.70 Å². The molecule has 6 nitrogen and oxygen atoms in total. The number of rotatable bonds is 4. The van der Waals surface area contributed by atoms with Crippen LogP contribution in [0.1, 0.15) is 18.4 Å². The van der Waals surface area contributed by atoms with Crippen LogP contribution in [0.4, 0.5) is 0 Å². The second kappa shape index (κ2) is 8.00. The van der Waals surface area contributed by atoms with Crippen LogP contribution in [0.25, 0.3) is 0 Å². The SMILES string of the molecule is O=[N+]([O-])C1=C(Cl)N=C(SCc2ccccc2)N(C2CCOCC2)C1. The number of hydrogen-bond acceptors (Lipinski definition) is 6. The highest BCUT2D eigenvalue weighted by Gasteiger charge is 2.34. The van der Waals surface area contributed by atoms with Crippen molar-refractivity contribution in [2.75, 3.05) is 19.8 Å². The summed E-state index contributed by atoms with van der Waals surface area (Å²) in [7, 11) is 0. The fourth-order valence-electron chi connectivity index (χ4n) is 2.76. The van der Waals surface area contributed by atoms with E-state index in [0.29, 0.717) is 13.2 Å². The van der Waals surface area contributed by atoms with E-state index in [9.17, 15) is 10.1 Å². The number of nitrogens with zero attached hydrogens (tertiary/aromatic N) is 3. The Hall–Kier alpha value is -1.57. The second-order valence-corrected chi connectivity index (χ2v) is 6.94. The standard InChI is InChI=1S/C16H18ClN3O3S/c17-15-14(20(21)22)10-19(13-6-8-23-9-7-13)16(18-15)24-11-12-4-2-1-3-5-12/h1-5,13H,6-11H2. The normalized spacial score (nSPS) is 19.4. The lowest BCUT2D eigenvalue weighted by Gasteiger charge is -2.36. The second-order valence-electron chi connectivity index (χ2n) is 5.63. The van der Waals surface area contributed by atoms with Crippen molar-refractivity contribution in [3.8, 4) is 0 Å². The summed E-state index contributed by atoms with van der Waals surface area (Å²) < 4.78 is 5.41. The Balaban J connectivity index is 1.79. The number of nitro groups is 1. The van der Waals surface area contributed by atoms with Crippen molar-refractivity contribution in [3.05, 3.63) is 56.9 Å². The molecule has 1 aromatic rings.